The molecule has 1 aromatic heterocycles. The van der Waals surface area contributed by atoms with Crippen LogP contribution in [-0.2, 0) is 6.54 Å². The minimum absolute atomic E-state index is 0.101. The molecule has 1 aliphatic heterocycles. The Balaban J connectivity index is 1.13. The third-order valence-corrected chi connectivity index (χ3v) is 7.41. The predicted molar refractivity (Wildman–Crippen MR) is 137 cm³/mol. The minimum Gasteiger partial charge on any atom is -0.508 e. The molecule has 0 spiro atoms. The van der Waals surface area contributed by atoms with E-state index in [2.05, 4.69) is 45.5 Å². The first-order valence-corrected chi connectivity index (χ1v) is 12.4. The van der Waals surface area contributed by atoms with E-state index in [0.717, 1.165) is 47.1 Å². The second-order valence-electron chi connectivity index (χ2n) is 8.59. The number of aromatic nitrogens is 1. The third-order valence-electron chi connectivity index (χ3n) is 6.35. The fourth-order valence-electron chi connectivity index (χ4n) is 4.39. The van der Waals surface area contributed by atoms with Crippen LogP contribution >= 0.6 is 11.3 Å². The van der Waals surface area contributed by atoms with Crippen molar-refractivity contribution in [3.05, 3.63) is 101 Å². The Kier molecular flexibility index (Phi) is 6.58. The lowest BCUT2D eigenvalue weighted by Gasteiger charge is -2.32. The van der Waals surface area contributed by atoms with Crippen LogP contribution in [0.3, 0.4) is 0 Å². The van der Waals surface area contributed by atoms with Gasteiger partial charge in [-0.05, 0) is 59.7 Å². The Morgan fingerprint density at radius 1 is 0.941 bits per heavy atom. The molecular weight excluding hydrogens is 442 g/mol. The van der Waals surface area contributed by atoms with Crippen LogP contribution in [0.1, 0.15) is 39.6 Å². The van der Waals surface area contributed by atoms with Crippen molar-refractivity contribution in [2.24, 2.45) is 0 Å². The molecule has 0 bridgehead atoms. The summed E-state index contributed by atoms with van der Waals surface area (Å²) >= 11 is 1.65. The van der Waals surface area contributed by atoms with Crippen LogP contribution < -0.4 is 10.2 Å². The number of benzene rings is 3. The van der Waals surface area contributed by atoms with Gasteiger partial charge >= 0.3 is 0 Å². The van der Waals surface area contributed by atoms with Gasteiger partial charge in [-0.3, -0.25) is 4.79 Å². The number of nitrogens with zero attached hydrogens (tertiary/aromatic N) is 2. The Morgan fingerprint density at radius 3 is 2.26 bits per heavy atom. The molecule has 34 heavy (non-hydrogen) atoms. The maximum Gasteiger partial charge on any atom is 0.251 e. The van der Waals surface area contributed by atoms with Gasteiger partial charge in [0.15, 0.2) is 5.13 Å². The summed E-state index contributed by atoms with van der Waals surface area (Å²) in [6, 6.07) is 25.3. The van der Waals surface area contributed by atoms with Crippen molar-refractivity contribution < 1.29 is 9.90 Å². The SMILES string of the molecule is O=C(NCc1cnc(N2CCC(c3ccccc3)CC2)s1)c1ccc(-c2ccc(O)cc2)cc1. The van der Waals surface area contributed by atoms with E-state index in [1.54, 1.807) is 23.5 Å². The van der Waals surface area contributed by atoms with Crippen molar-refractivity contribution in [3.63, 3.8) is 0 Å². The van der Waals surface area contributed by atoms with E-state index < -0.39 is 0 Å². The van der Waals surface area contributed by atoms with E-state index in [4.69, 9.17) is 0 Å². The number of rotatable bonds is 6. The molecule has 3 aromatic carbocycles. The van der Waals surface area contributed by atoms with Gasteiger partial charge in [-0.15, -0.1) is 11.3 Å². The zero-order chi connectivity index (χ0) is 23.3. The number of carbonyl (C=O) groups excluding carboxylic acids is 1. The van der Waals surface area contributed by atoms with E-state index in [1.807, 2.05) is 42.6 Å². The number of thiazole rings is 1. The lowest BCUT2D eigenvalue weighted by atomic mass is 9.90. The summed E-state index contributed by atoms with van der Waals surface area (Å²) in [6.45, 7) is 2.48. The van der Waals surface area contributed by atoms with Crippen LogP contribution in [0.15, 0.2) is 85.1 Å². The lowest BCUT2D eigenvalue weighted by molar-refractivity contribution is 0.0951. The molecule has 5 rings (SSSR count). The molecule has 0 unspecified atom stereocenters. The topological polar surface area (TPSA) is 65.5 Å². The monoisotopic (exact) mass is 469 g/mol. The van der Waals surface area contributed by atoms with E-state index in [1.165, 1.54) is 5.56 Å². The van der Waals surface area contributed by atoms with E-state index >= 15 is 0 Å². The molecule has 0 aliphatic carbocycles. The normalized spacial score (nSPS) is 14.2. The fourth-order valence-corrected chi connectivity index (χ4v) is 5.29. The summed E-state index contributed by atoms with van der Waals surface area (Å²) in [5, 5.41) is 13.5. The van der Waals surface area contributed by atoms with E-state index in [0.29, 0.717) is 18.0 Å². The standard InChI is InChI=1S/C28H27N3O2S/c32-25-12-10-22(11-13-25)21-6-8-24(9-7-21)27(33)29-18-26-19-30-28(34-26)31-16-14-23(15-17-31)20-4-2-1-3-5-20/h1-13,19,23,32H,14-18H2,(H,29,33). The van der Waals surface area contributed by atoms with E-state index in [9.17, 15) is 9.90 Å². The largest absolute Gasteiger partial charge is 0.508 e. The van der Waals surface area contributed by atoms with Gasteiger partial charge in [-0.25, -0.2) is 4.98 Å². The van der Waals surface area contributed by atoms with Crippen LogP contribution in [0.5, 0.6) is 5.75 Å². The minimum atomic E-state index is -0.101. The molecule has 2 heterocycles. The summed E-state index contributed by atoms with van der Waals surface area (Å²) in [5.41, 5.74) is 4.05. The first-order valence-electron chi connectivity index (χ1n) is 11.6. The Hall–Kier alpha value is -3.64. The van der Waals surface area contributed by atoms with Gasteiger partial charge in [-0.1, -0.05) is 54.6 Å². The highest BCUT2D eigenvalue weighted by atomic mass is 32.1. The summed E-state index contributed by atoms with van der Waals surface area (Å²) < 4.78 is 0. The molecule has 0 saturated carbocycles. The van der Waals surface area contributed by atoms with Crippen LogP contribution in [0.25, 0.3) is 11.1 Å². The number of piperidine rings is 1. The lowest BCUT2D eigenvalue weighted by Crippen LogP contribution is -2.32. The molecule has 1 saturated heterocycles. The van der Waals surface area contributed by atoms with Gasteiger partial charge in [0, 0.05) is 29.7 Å². The van der Waals surface area contributed by atoms with Crippen LogP contribution in [0.4, 0.5) is 5.13 Å². The highest BCUT2D eigenvalue weighted by molar-refractivity contribution is 7.15. The first-order chi connectivity index (χ1) is 16.7. The van der Waals surface area contributed by atoms with Crippen molar-refractivity contribution in [2.75, 3.05) is 18.0 Å². The van der Waals surface area contributed by atoms with Crippen LogP contribution in [0.2, 0.25) is 0 Å². The fraction of sp³-hybridized carbons (Fsp3) is 0.214. The summed E-state index contributed by atoms with van der Waals surface area (Å²) in [6.07, 6.45) is 4.14. The summed E-state index contributed by atoms with van der Waals surface area (Å²) in [7, 11) is 0. The molecule has 1 aliphatic rings. The Labute approximate surface area is 203 Å². The second-order valence-corrected chi connectivity index (χ2v) is 9.68. The Bertz CT molecular complexity index is 1230. The molecule has 172 valence electrons. The number of carbonyl (C=O) groups is 1. The van der Waals surface area contributed by atoms with Gasteiger partial charge in [0.2, 0.25) is 0 Å². The molecule has 5 nitrogen and oxygen atoms in total. The number of aromatic hydroxyl groups is 1. The number of amides is 1. The average Bonchev–Trinajstić information content (AvgIpc) is 3.38. The van der Waals surface area contributed by atoms with Gasteiger partial charge < -0.3 is 15.3 Å². The first kappa shape index (κ1) is 22.2. The molecular formula is C28H27N3O2S. The van der Waals surface area contributed by atoms with Crippen molar-refractivity contribution in [1.82, 2.24) is 10.3 Å². The summed E-state index contributed by atoms with van der Waals surface area (Å²) in [5.74, 6) is 0.759. The van der Waals surface area contributed by atoms with Gasteiger partial charge in [0.25, 0.3) is 5.91 Å². The number of phenolic OH excluding ortho intramolecular Hbond substituents is 1. The van der Waals surface area contributed by atoms with Crippen LogP contribution in [0, 0.1) is 0 Å². The highest BCUT2D eigenvalue weighted by Gasteiger charge is 2.22. The molecule has 2 N–H and O–H groups in total. The predicted octanol–water partition coefficient (Wildman–Crippen LogP) is 5.83. The van der Waals surface area contributed by atoms with Crippen LogP contribution in [-0.4, -0.2) is 29.1 Å². The van der Waals surface area contributed by atoms with Gasteiger partial charge in [-0.2, -0.15) is 0 Å². The Morgan fingerprint density at radius 2 is 1.59 bits per heavy atom. The highest BCUT2D eigenvalue weighted by Crippen LogP contribution is 2.32. The molecule has 6 heteroatoms. The smallest absolute Gasteiger partial charge is 0.251 e. The number of hydrogen-bond donors (Lipinski definition) is 2. The number of nitrogens with one attached hydrogen (secondary N) is 1. The van der Waals surface area contributed by atoms with Crippen molar-refractivity contribution >= 4 is 22.4 Å². The van der Waals surface area contributed by atoms with Crippen molar-refractivity contribution in [2.45, 2.75) is 25.3 Å². The maximum atomic E-state index is 12.6. The molecule has 1 amide bonds. The molecule has 0 atom stereocenters. The van der Waals surface area contributed by atoms with Gasteiger partial charge in [0.05, 0.1) is 6.54 Å². The van der Waals surface area contributed by atoms with Crippen molar-refractivity contribution in [3.8, 4) is 16.9 Å². The van der Waals surface area contributed by atoms with Crippen molar-refractivity contribution in [1.29, 1.82) is 0 Å². The number of phenols is 1. The zero-order valence-corrected chi connectivity index (χ0v) is 19.7. The third kappa shape index (κ3) is 5.13. The van der Waals surface area contributed by atoms with E-state index in [-0.39, 0.29) is 11.7 Å². The van der Waals surface area contributed by atoms with Gasteiger partial charge in [0.1, 0.15) is 5.75 Å². The summed E-state index contributed by atoms with van der Waals surface area (Å²) in [4.78, 5) is 20.6. The molecule has 1 fully saturated rings. The zero-order valence-electron chi connectivity index (χ0n) is 18.9. The number of anilines is 1. The molecule has 4 aromatic rings. The second kappa shape index (κ2) is 10.1. The maximum absolute atomic E-state index is 12.6. The molecule has 0 radical (unpaired) electrons. The average molecular weight is 470 g/mol. The quantitative estimate of drug-likeness (QED) is 0.373. The number of hydrogen-bond acceptors (Lipinski definition) is 5.